The summed E-state index contributed by atoms with van der Waals surface area (Å²) in [5.74, 6) is -7.13. The molecule has 4 rings (SSSR count). The molecule has 2 aromatic heterocycles. The van der Waals surface area contributed by atoms with Gasteiger partial charge in [0.25, 0.3) is 0 Å². The molecule has 0 radical (unpaired) electrons. The molecule has 1 saturated heterocycles. The van der Waals surface area contributed by atoms with Crippen molar-refractivity contribution in [2.24, 2.45) is 0 Å². The molecule has 0 saturated carbocycles. The number of hydrogen-bond acceptors (Lipinski definition) is 8. The van der Waals surface area contributed by atoms with Gasteiger partial charge in [0.1, 0.15) is 5.82 Å². The quantitative estimate of drug-likeness (QED) is 0.387. The van der Waals surface area contributed by atoms with Crippen molar-refractivity contribution in [1.29, 1.82) is 0 Å². The molecule has 0 unspecified atom stereocenters. The molecular weight excluding hydrogens is 651 g/mol. The molecule has 3 N–H and O–H groups in total. The fraction of sp³-hybridized carbons (Fsp3) is 0.500. The average Bonchev–Trinajstić information content (AvgIpc) is 3.13. The highest BCUT2D eigenvalue weighted by Gasteiger charge is 2.39. The first-order valence-corrected chi connectivity index (χ1v) is 13.0. The normalized spacial score (nSPS) is 15.7. The van der Waals surface area contributed by atoms with Crippen molar-refractivity contribution in [3.63, 3.8) is 0 Å². The number of carboxylic acid groups (broad SMARTS) is 3. The smallest absolute Gasteiger partial charge is 0.475 e. The van der Waals surface area contributed by atoms with Crippen LogP contribution in [0.1, 0.15) is 29.7 Å². The molecule has 4 heterocycles. The Kier molecular flexibility index (Phi) is 15.1. The number of ether oxygens (including phenoxy) is 1. The predicted octanol–water partition coefficient (Wildman–Crippen LogP) is 4.69. The van der Waals surface area contributed by atoms with Gasteiger partial charge in [-0.15, -0.1) is 0 Å². The largest absolute Gasteiger partial charge is 0.490 e. The van der Waals surface area contributed by atoms with E-state index >= 15 is 0 Å². The summed E-state index contributed by atoms with van der Waals surface area (Å²) in [5, 5.41) is 21.4. The first-order valence-electron chi connectivity index (χ1n) is 13.0. The van der Waals surface area contributed by atoms with Gasteiger partial charge in [-0.3, -0.25) is 9.88 Å². The van der Waals surface area contributed by atoms with Crippen LogP contribution >= 0.6 is 0 Å². The number of alkyl halides is 9. The van der Waals surface area contributed by atoms with E-state index < -0.39 is 36.4 Å². The van der Waals surface area contributed by atoms with E-state index in [1.54, 1.807) is 0 Å². The van der Waals surface area contributed by atoms with Crippen LogP contribution in [0.3, 0.4) is 0 Å². The van der Waals surface area contributed by atoms with Crippen molar-refractivity contribution in [2.45, 2.75) is 57.4 Å². The van der Waals surface area contributed by atoms with Gasteiger partial charge >= 0.3 is 36.4 Å². The highest BCUT2D eigenvalue weighted by Crippen LogP contribution is 2.28. The third-order valence-corrected chi connectivity index (χ3v) is 5.96. The van der Waals surface area contributed by atoms with E-state index in [0.717, 1.165) is 63.7 Å². The summed E-state index contributed by atoms with van der Waals surface area (Å²) in [7, 11) is 0. The second-order valence-electron chi connectivity index (χ2n) is 9.44. The Bertz CT molecular complexity index is 1210. The summed E-state index contributed by atoms with van der Waals surface area (Å²) < 4.78 is 101. The minimum absolute atomic E-state index is 0.626. The number of anilines is 1. The van der Waals surface area contributed by atoms with Gasteiger partial charge in [0.05, 0.1) is 0 Å². The maximum absolute atomic E-state index is 10.6. The van der Waals surface area contributed by atoms with Crippen LogP contribution < -0.4 is 4.90 Å². The molecule has 2 aliphatic heterocycles. The van der Waals surface area contributed by atoms with Crippen LogP contribution in [0.25, 0.3) is 0 Å². The van der Waals surface area contributed by atoms with Crippen molar-refractivity contribution >= 4 is 23.7 Å². The molecule has 0 atom stereocenters. The number of carboxylic acids is 3. The van der Waals surface area contributed by atoms with E-state index in [2.05, 4.69) is 39.9 Å². The monoisotopic (exact) mass is 680 g/mol. The molecule has 2 aliphatic rings. The van der Waals surface area contributed by atoms with Crippen LogP contribution in [0.2, 0.25) is 0 Å². The van der Waals surface area contributed by atoms with Gasteiger partial charge in [0.15, 0.2) is 0 Å². The Hall–Kier alpha value is -4.20. The first-order chi connectivity index (χ1) is 21.1. The molecular formula is C26H29F9N4O7. The number of nitrogens with zero attached hydrogens (tertiary/aromatic N) is 4. The van der Waals surface area contributed by atoms with Crippen LogP contribution in [0.5, 0.6) is 0 Å². The molecule has 1 fully saturated rings. The zero-order valence-corrected chi connectivity index (χ0v) is 23.9. The van der Waals surface area contributed by atoms with E-state index in [0.29, 0.717) is 6.04 Å². The third-order valence-electron chi connectivity index (χ3n) is 5.96. The number of carbonyl (C=O) groups is 3. The second kappa shape index (κ2) is 17.5. The van der Waals surface area contributed by atoms with Crippen molar-refractivity contribution < 1.29 is 74.0 Å². The van der Waals surface area contributed by atoms with Gasteiger partial charge in [-0.2, -0.15) is 39.5 Å². The fourth-order valence-corrected chi connectivity index (χ4v) is 3.85. The zero-order chi connectivity index (χ0) is 35.3. The Morgan fingerprint density at radius 2 is 1.35 bits per heavy atom. The summed E-state index contributed by atoms with van der Waals surface area (Å²) >= 11 is 0. The molecule has 258 valence electrons. The van der Waals surface area contributed by atoms with Gasteiger partial charge in [0, 0.05) is 69.1 Å². The van der Waals surface area contributed by atoms with E-state index in [-0.39, 0.29) is 0 Å². The predicted molar refractivity (Wildman–Crippen MR) is 140 cm³/mol. The van der Waals surface area contributed by atoms with Gasteiger partial charge in [-0.25, -0.2) is 19.4 Å². The van der Waals surface area contributed by atoms with E-state index in [4.69, 9.17) is 39.4 Å². The molecule has 11 nitrogen and oxygen atoms in total. The number of fused-ring (bicyclic) bond motifs is 1. The number of pyridine rings is 2. The topological polar surface area (TPSA) is 153 Å². The lowest BCUT2D eigenvalue weighted by molar-refractivity contribution is -0.193. The lowest BCUT2D eigenvalue weighted by atomic mass is 10.1. The molecule has 0 spiro atoms. The Morgan fingerprint density at radius 3 is 1.78 bits per heavy atom. The number of aryl methyl sites for hydroxylation is 1. The fourth-order valence-electron chi connectivity index (χ4n) is 3.85. The molecule has 0 aromatic carbocycles. The number of hydrogen-bond donors (Lipinski definition) is 3. The summed E-state index contributed by atoms with van der Waals surface area (Å²) in [6.45, 7) is 7.76. The molecule has 46 heavy (non-hydrogen) atoms. The van der Waals surface area contributed by atoms with Gasteiger partial charge < -0.3 is 25.0 Å². The van der Waals surface area contributed by atoms with Crippen LogP contribution in [0.4, 0.5) is 45.3 Å². The number of aliphatic carboxylic acids is 3. The maximum atomic E-state index is 10.6. The van der Waals surface area contributed by atoms with Crippen molar-refractivity contribution in [1.82, 2.24) is 14.9 Å². The number of aromatic nitrogens is 2. The molecule has 0 bridgehead atoms. The maximum Gasteiger partial charge on any atom is 0.490 e. The third kappa shape index (κ3) is 14.7. The van der Waals surface area contributed by atoms with E-state index in [1.807, 2.05) is 18.5 Å². The first kappa shape index (κ1) is 39.8. The van der Waals surface area contributed by atoms with Crippen molar-refractivity contribution in [3.8, 4) is 0 Å². The zero-order valence-electron chi connectivity index (χ0n) is 23.9. The Balaban J connectivity index is 0.000000413. The van der Waals surface area contributed by atoms with Gasteiger partial charge in [-0.05, 0) is 37.5 Å². The minimum atomic E-state index is -5.08. The van der Waals surface area contributed by atoms with Crippen LogP contribution in [0.15, 0.2) is 36.7 Å². The summed E-state index contributed by atoms with van der Waals surface area (Å²) in [6, 6.07) is 9.16. The highest BCUT2D eigenvalue weighted by atomic mass is 19.4. The van der Waals surface area contributed by atoms with E-state index in [9.17, 15) is 39.5 Å². The standard InChI is InChI=1S/C20H26N4O.3C2HF3O2/c1-16-4-5-18-15-23(19-6-11-25-12-7-19)9-10-24(20(18)22-16)14-17-3-2-8-21-13-17;3*3-2(4,5)1(6)7/h2-5,8,13,19H,6-7,9-12,14-15H2,1H3;3*(H,6,7). The summed E-state index contributed by atoms with van der Waals surface area (Å²) in [6.07, 6.45) is -9.19. The lowest BCUT2D eigenvalue weighted by Gasteiger charge is -2.33. The van der Waals surface area contributed by atoms with Crippen LogP contribution in [0, 0.1) is 6.92 Å². The Labute approximate surface area is 255 Å². The summed E-state index contributed by atoms with van der Waals surface area (Å²) in [5.41, 5.74) is 3.64. The molecule has 20 heteroatoms. The SMILES string of the molecule is Cc1ccc2c(n1)N(Cc1cccnc1)CCN(C1CCOCC1)C2.O=C(O)C(F)(F)F.O=C(O)C(F)(F)F.O=C(O)C(F)(F)F. The number of rotatable bonds is 3. The molecule has 2 aromatic rings. The molecule has 0 amide bonds. The van der Waals surface area contributed by atoms with Crippen LogP contribution in [-0.4, -0.2) is 99.0 Å². The number of halogens is 9. The van der Waals surface area contributed by atoms with Crippen LogP contribution in [-0.2, 0) is 32.2 Å². The lowest BCUT2D eigenvalue weighted by Crippen LogP contribution is -2.41. The minimum Gasteiger partial charge on any atom is -0.475 e. The van der Waals surface area contributed by atoms with E-state index in [1.165, 1.54) is 11.1 Å². The van der Waals surface area contributed by atoms with Gasteiger partial charge in [-0.1, -0.05) is 12.1 Å². The summed E-state index contributed by atoms with van der Waals surface area (Å²) in [4.78, 5) is 40.9. The van der Waals surface area contributed by atoms with Crippen molar-refractivity contribution in [2.75, 3.05) is 31.2 Å². The molecule has 0 aliphatic carbocycles. The Morgan fingerprint density at radius 1 is 0.848 bits per heavy atom. The van der Waals surface area contributed by atoms with Gasteiger partial charge in [0.2, 0.25) is 0 Å². The second-order valence-corrected chi connectivity index (χ2v) is 9.44. The van der Waals surface area contributed by atoms with Crippen molar-refractivity contribution in [3.05, 3.63) is 53.5 Å². The highest BCUT2D eigenvalue weighted by molar-refractivity contribution is 5.73. The average molecular weight is 681 g/mol.